The molecule has 1 aromatic carbocycles. The number of pyridine rings is 1. The first-order valence-corrected chi connectivity index (χ1v) is 8.76. The molecule has 1 fully saturated rings. The molecule has 0 radical (unpaired) electrons. The molecule has 1 spiro atoms. The Balaban J connectivity index is 1.77. The van der Waals surface area contributed by atoms with Gasteiger partial charge in [0.05, 0.1) is 0 Å². The predicted octanol–water partition coefficient (Wildman–Crippen LogP) is 2.84. The van der Waals surface area contributed by atoms with Crippen molar-refractivity contribution >= 4 is 5.97 Å². The van der Waals surface area contributed by atoms with Gasteiger partial charge in [-0.15, -0.1) is 0 Å². The van der Waals surface area contributed by atoms with Gasteiger partial charge in [0.2, 0.25) is 6.29 Å². The van der Waals surface area contributed by atoms with Gasteiger partial charge >= 0.3 is 5.97 Å². The zero-order valence-electron chi connectivity index (χ0n) is 14.3. The van der Waals surface area contributed by atoms with Crippen molar-refractivity contribution in [1.29, 1.82) is 0 Å². The number of benzene rings is 1. The van der Waals surface area contributed by atoms with Crippen LogP contribution < -0.4 is 5.32 Å². The maximum atomic E-state index is 11.5. The molecule has 130 valence electrons. The first kappa shape index (κ1) is 16.2. The molecule has 0 bridgehead atoms. The molecular formula is C20H22N2O3. The number of aromatic nitrogens is 1. The lowest BCUT2D eigenvalue weighted by Crippen LogP contribution is -2.40. The number of rotatable bonds is 3. The van der Waals surface area contributed by atoms with Crippen molar-refractivity contribution in [3.63, 3.8) is 0 Å². The Kier molecular flexibility index (Phi) is 4.27. The van der Waals surface area contributed by atoms with Crippen LogP contribution >= 0.6 is 0 Å². The number of hydrogen-bond donors (Lipinski definition) is 1. The molecule has 25 heavy (non-hydrogen) atoms. The fourth-order valence-electron chi connectivity index (χ4n) is 3.94. The van der Waals surface area contributed by atoms with Crippen molar-refractivity contribution in [3.05, 3.63) is 65.0 Å². The van der Waals surface area contributed by atoms with Crippen LogP contribution in [0.15, 0.2) is 42.6 Å². The summed E-state index contributed by atoms with van der Waals surface area (Å²) in [5, 5.41) is 3.38. The maximum Gasteiger partial charge on any atom is 0.305 e. The minimum Gasteiger partial charge on any atom is -0.430 e. The number of ether oxygens (including phenoxy) is 2. The third-order valence-electron chi connectivity index (χ3n) is 5.00. The number of nitrogens with zero attached hydrogens (tertiary/aromatic N) is 1. The van der Waals surface area contributed by atoms with Crippen molar-refractivity contribution in [3.8, 4) is 0 Å². The number of esters is 1. The molecule has 1 aromatic heterocycles. The summed E-state index contributed by atoms with van der Waals surface area (Å²) in [7, 11) is 0. The topological polar surface area (TPSA) is 60.5 Å². The fraction of sp³-hybridized carbons (Fsp3) is 0.400. The molecule has 2 aliphatic rings. The molecule has 0 amide bonds. The van der Waals surface area contributed by atoms with E-state index in [4.69, 9.17) is 9.47 Å². The summed E-state index contributed by atoms with van der Waals surface area (Å²) in [5.41, 5.74) is 3.90. The Labute approximate surface area is 147 Å². The van der Waals surface area contributed by atoms with Gasteiger partial charge in [-0.2, -0.15) is 0 Å². The average molecular weight is 338 g/mol. The lowest BCUT2D eigenvalue weighted by molar-refractivity contribution is -0.210. The van der Waals surface area contributed by atoms with Gasteiger partial charge in [0.15, 0.2) is 0 Å². The second-order valence-electron chi connectivity index (χ2n) is 6.70. The maximum absolute atomic E-state index is 11.5. The third-order valence-corrected chi connectivity index (χ3v) is 5.00. The number of piperidine rings is 1. The number of carbonyl (C=O) groups is 1. The van der Waals surface area contributed by atoms with Gasteiger partial charge in [-0.05, 0) is 49.5 Å². The van der Waals surface area contributed by atoms with E-state index in [0.717, 1.165) is 43.6 Å². The van der Waals surface area contributed by atoms with Crippen molar-refractivity contribution in [1.82, 2.24) is 10.3 Å². The van der Waals surface area contributed by atoms with Crippen LogP contribution in [-0.2, 0) is 26.3 Å². The highest BCUT2D eigenvalue weighted by molar-refractivity contribution is 5.66. The zero-order valence-corrected chi connectivity index (χ0v) is 14.3. The molecule has 5 nitrogen and oxygen atoms in total. The minimum absolute atomic E-state index is 0.350. The van der Waals surface area contributed by atoms with Crippen LogP contribution in [0.2, 0.25) is 0 Å². The minimum atomic E-state index is -0.707. The lowest BCUT2D eigenvalue weighted by atomic mass is 9.81. The normalized spacial score (nSPS) is 21.1. The van der Waals surface area contributed by atoms with E-state index in [1.807, 2.05) is 6.07 Å². The molecule has 0 aliphatic carbocycles. The summed E-state index contributed by atoms with van der Waals surface area (Å²) in [6.45, 7) is 3.17. The van der Waals surface area contributed by atoms with Gasteiger partial charge in [0, 0.05) is 18.7 Å². The highest BCUT2D eigenvalue weighted by atomic mass is 16.7. The van der Waals surface area contributed by atoms with Gasteiger partial charge in [0.1, 0.15) is 11.3 Å². The van der Waals surface area contributed by atoms with Crippen molar-refractivity contribution in [2.24, 2.45) is 0 Å². The van der Waals surface area contributed by atoms with Crippen LogP contribution in [0, 0.1) is 0 Å². The first-order chi connectivity index (χ1) is 12.2. The molecule has 1 saturated heterocycles. The number of carbonyl (C=O) groups excluding carboxylic acids is 1. The first-order valence-electron chi connectivity index (χ1n) is 8.76. The lowest BCUT2D eigenvalue weighted by Gasteiger charge is -2.35. The molecule has 4 rings (SSSR count). The summed E-state index contributed by atoms with van der Waals surface area (Å²) < 4.78 is 11.7. The van der Waals surface area contributed by atoms with E-state index < -0.39 is 11.9 Å². The monoisotopic (exact) mass is 338 g/mol. The van der Waals surface area contributed by atoms with Crippen LogP contribution in [0.1, 0.15) is 48.4 Å². The third kappa shape index (κ3) is 3.05. The molecule has 5 heteroatoms. The van der Waals surface area contributed by atoms with E-state index in [1.165, 1.54) is 18.1 Å². The van der Waals surface area contributed by atoms with Crippen molar-refractivity contribution in [2.75, 3.05) is 13.1 Å². The number of nitrogens with one attached hydrogen (secondary N) is 1. The van der Waals surface area contributed by atoms with E-state index in [0.29, 0.717) is 0 Å². The molecule has 3 heterocycles. The highest BCUT2D eigenvalue weighted by Gasteiger charge is 2.49. The van der Waals surface area contributed by atoms with Gasteiger partial charge in [-0.1, -0.05) is 30.3 Å². The van der Waals surface area contributed by atoms with Crippen LogP contribution in [-0.4, -0.2) is 24.0 Å². The molecule has 2 aromatic rings. The Morgan fingerprint density at radius 2 is 2.04 bits per heavy atom. The number of fused-ring (bicyclic) bond motifs is 2. The van der Waals surface area contributed by atoms with Crippen LogP contribution in [0.3, 0.4) is 0 Å². The predicted molar refractivity (Wildman–Crippen MR) is 92.9 cm³/mol. The van der Waals surface area contributed by atoms with E-state index in [9.17, 15) is 4.79 Å². The molecular weight excluding hydrogens is 316 g/mol. The number of hydrogen-bond acceptors (Lipinski definition) is 5. The van der Waals surface area contributed by atoms with E-state index >= 15 is 0 Å². The van der Waals surface area contributed by atoms with E-state index in [-0.39, 0.29) is 5.97 Å². The van der Waals surface area contributed by atoms with Gasteiger partial charge in [-0.25, -0.2) is 0 Å². The molecule has 0 saturated carbocycles. The summed E-state index contributed by atoms with van der Waals surface area (Å²) in [5.74, 6) is -0.350. The Morgan fingerprint density at radius 3 is 2.76 bits per heavy atom. The Morgan fingerprint density at radius 1 is 1.28 bits per heavy atom. The summed E-state index contributed by atoms with van der Waals surface area (Å²) in [4.78, 5) is 16.0. The van der Waals surface area contributed by atoms with Gasteiger partial charge < -0.3 is 14.8 Å². The van der Waals surface area contributed by atoms with E-state index in [2.05, 4.69) is 40.6 Å². The highest BCUT2D eigenvalue weighted by Crippen LogP contribution is 2.49. The average Bonchev–Trinajstić information content (AvgIpc) is 2.90. The van der Waals surface area contributed by atoms with Crippen LogP contribution in [0.4, 0.5) is 0 Å². The molecule has 1 N–H and O–H groups in total. The smallest absolute Gasteiger partial charge is 0.305 e. The van der Waals surface area contributed by atoms with E-state index in [1.54, 1.807) is 6.20 Å². The molecule has 0 unspecified atom stereocenters. The summed E-state index contributed by atoms with van der Waals surface area (Å²) in [6.07, 6.45) is 3.60. The Bertz CT molecular complexity index is 770. The SMILES string of the molecule is CC(=O)O[C@H]1OC2(CCNCC2)c2c(Cc3ccccc3)ccnc21. The Hall–Kier alpha value is -2.24. The standard InChI is InChI=1S/C20H22N2O3/c1-14(23)24-19-18-17(20(25-19)8-11-21-12-9-20)16(7-10-22-18)13-15-5-3-2-4-6-15/h2-7,10,19,21H,8-9,11-13H2,1H3/t19-/m0/s1. The quantitative estimate of drug-likeness (QED) is 0.872. The van der Waals surface area contributed by atoms with Gasteiger partial charge in [-0.3, -0.25) is 9.78 Å². The van der Waals surface area contributed by atoms with Crippen LogP contribution in [0.25, 0.3) is 0 Å². The van der Waals surface area contributed by atoms with Crippen molar-refractivity contribution in [2.45, 2.75) is 38.1 Å². The second-order valence-corrected chi connectivity index (χ2v) is 6.70. The summed E-state index contributed by atoms with van der Waals surface area (Å²) >= 11 is 0. The molecule has 2 aliphatic heterocycles. The van der Waals surface area contributed by atoms with Crippen LogP contribution in [0.5, 0.6) is 0 Å². The largest absolute Gasteiger partial charge is 0.430 e. The fourth-order valence-corrected chi connectivity index (χ4v) is 3.94. The molecule has 1 atom stereocenters. The van der Waals surface area contributed by atoms with Crippen molar-refractivity contribution < 1.29 is 14.3 Å². The van der Waals surface area contributed by atoms with Gasteiger partial charge in [0.25, 0.3) is 0 Å². The summed E-state index contributed by atoms with van der Waals surface area (Å²) in [6, 6.07) is 12.4. The second kappa shape index (κ2) is 6.58. The zero-order chi connectivity index (χ0) is 17.3.